The van der Waals surface area contributed by atoms with Crippen molar-refractivity contribution in [3.05, 3.63) is 30.3 Å². The Morgan fingerprint density at radius 3 is 2.63 bits per heavy atom. The lowest BCUT2D eigenvalue weighted by Crippen LogP contribution is -2.39. The molecule has 5 heteroatoms. The van der Waals surface area contributed by atoms with Crippen LogP contribution in [0.5, 0.6) is 0 Å². The Bertz CT molecular complexity index is 543. The van der Waals surface area contributed by atoms with E-state index < -0.39 is 10.0 Å². The van der Waals surface area contributed by atoms with Gasteiger partial charge in [-0.2, -0.15) is 0 Å². The summed E-state index contributed by atoms with van der Waals surface area (Å²) in [5, 5.41) is 9.12. The van der Waals surface area contributed by atoms with E-state index in [9.17, 15) is 8.42 Å². The quantitative estimate of drug-likeness (QED) is 0.856. The number of hydrogen-bond acceptors (Lipinski definition) is 3. The van der Waals surface area contributed by atoms with Crippen molar-refractivity contribution >= 4 is 10.0 Å². The first-order valence-electron chi connectivity index (χ1n) is 6.80. The minimum Gasteiger partial charge on any atom is -0.396 e. The maximum Gasteiger partial charge on any atom is 0.240 e. The number of aliphatic hydroxyl groups is 1. The van der Waals surface area contributed by atoms with E-state index in [0.717, 1.165) is 6.42 Å². The fourth-order valence-electron chi connectivity index (χ4n) is 3.43. The Kier molecular flexibility index (Phi) is 3.37. The molecular formula is C14H19NO3S. The second kappa shape index (κ2) is 4.89. The van der Waals surface area contributed by atoms with Crippen LogP contribution in [-0.4, -0.2) is 26.2 Å². The molecule has 0 radical (unpaired) electrons. The lowest BCUT2D eigenvalue weighted by atomic mass is 9.96. The number of benzene rings is 1. The van der Waals surface area contributed by atoms with Gasteiger partial charge in [-0.05, 0) is 49.1 Å². The first-order chi connectivity index (χ1) is 9.12. The molecule has 0 saturated heterocycles. The van der Waals surface area contributed by atoms with E-state index in [1.807, 2.05) is 0 Å². The third-order valence-corrected chi connectivity index (χ3v) is 5.93. The molecule has 3 rings (SSSR count). The molecule has 1 aromatic rings. The molecule has 4 atom stereocenters. The van der Waals surface area contributed by atoms with Gasteiger partial charge in [0.1, 0.15) is 0 Å². The van der Waals surface area contributed by atoms with E-state index in [0.29, 0.717) is 29.1 Å². The van der Waals surface area contributed by atoms with Gasteiger partial charge in [-0.3, -0.25) is 0 Å². The Balaban J connectivity index is 1.74. The largest absolute Gasteiger partial charge is 0.396 e. The van der Waals surface area contributed by atoms with E-state index in [1.54, 1.807) is 30.3 Å². The average Bonchev–Trinajstić information content (AvgIpc) is 3.08. The van der Waals surface area contributed by atoms with Gasteiger partial charge in [-0.15, -0.1) is 0 Å². The lowest BCUT2D eigenvalue weighted by molar-refractivity contribution is 0.235. The van der Waals surface area contributed by atoms with E-state index in [-0.39, 0.29) is 12.6 Å². The van der Waals surface area contributed by atoms with Gasteiger partial charge in [0.05, 0.1) is 4.90 Å². The standard InChI is InChI=1S/C14H19NO3S/c16-7-6-12-13-8-10(13)9-14(12)15-19(17,18)11-4-2-1-3-5-11/h1-5,10,12-16H,6-9H2/t10-,12-,13?,14-/m1/s1. The molecule has 0 heterocycles. The molecule has 19 heavy (non-hydrogen) atoms. The summed E-state index contributed by atoms with van der Waals surface area (Å²) in [6.45, 7) is 0.136. The van der Waals surface area contributed by atoms with E-state index >= 15 is 0 Å². The Morgan fingerprint density at radius 1 is 1.21 bits per heavy atom. The molecule has 0 aromatic heterocycles. The van der Waals surface area contributed by atoms with Crippen LogP contribution in [0.2, 0.25) is 0 Å². The molecule has 1 unspecified atom stereocenters. The summed E-state index contributed by atoms with van der Waals surface area (Å²) in [7, 11) is -3.43. The van der Waals surface area contributed by atoms with Crippen molar-refractivity contribution in [3.63, 3.8) is 0 Å². The van der Waals surface area contributed by atoms with Crippen molar-refractivity contribution in [1.82, 2.24) is 4.72 Å². The van der Waals surface area contributed by atoms with Crippen molar-refractivity contribution in [3.8, 4) is 0 Å². The molecule has 0 amide bonds. The number of fused-ring (bicyclic) bond motifs is 1. The summed E-state index contributed by atoms with van der Waals surface area (Å²) in [5.74, 6) is 1.59. The maximum atomic E-state index is 12.3. The molecule has 2 N–H and O–H groups in total. The Labute approximate surface area is 113 Å². The van der Waals surface area contributed by atoms with Crippen molar-refractivity contribution in [1.29, 1.82) is 0 Å². The van der Waals surface area contributed by atoms with Gasteiger partial charge in [0.2, 0.25) is 10.0 Å². The van der Waals surface area contributed by atoms with Crippen molar-refractivity contribution < 1.29 is 13.5 Å². The first kappa shape index (κ1) is 13.1. The Hall–Kier alpha value is -0.910. The van der Waals surface area contributed by atoms with E-state index in [2.05, 4.69) is 4.72 Å². The second-order valence-electron chi connectivity index (χ2n) is 5.61. The molecule has 2 aliphatic carbocycles. The minimum atomic E-state index is -3.43. The third kappa shape index (κ3) is 2.55. The second-order valence-corrected chi connectivity index (χ2v) is 7.33. The molecule has 2 saturated carbocycles. The fraction of sp³-hybridized carbons (Fsp3) is 0.571. The van der Waals surface area contributed by atoms with Gasteiger partial charge in [0.15, 0.2) is 0 Å². The van der Waals surface area contributed by atoms with Crippen LogP contribution in [-0.2, 0) is 10.0 Å². The molecule has 2 aliphatic rings. The maximum absolute atomic E-state index is 12.3. The zero-order valence-electron chi connectivity index (χ0n) is 10.7. The molecule has 0 aliphatic heterocycles. The lowest BCUT2D eigenvalue weighted by Gasteiger charge is -2.23. The van der Waals surface area contributed by atoms with E-state index in [4.69, 9.17) is 5.11 Å². The van der Waals surface area contributed by atoms with Crippen LogP contribution in [0.4, 0.5) is 0 Å². The van der Waals surface area contributed by atoms with Gasteiger partial charge >= 0.3 is 0 Å². The van der Waals surface area contributed by atoms with Gasteiger partial charge in [0.25, 0.3) is 0 Å². The molecule has 104 valence electrons. The zero-order valence-corrected chi connectivity index (χ0v) is 11.5. The van der Waals surface area contributed by atoms with Crippen LogP contribution in [0.3, 0.4) is 0 Å². The zero-order chi connectivity index (χ0) is 13.5. The predicted molar refractivity (Wildman–Crippen MR) is 72.0 cm³/mol. The highest BCUT2D eigenvalue weighted by Crippen LogP contribution is 2.56. The van der Waals surface area contributed by atoms with E-state index in [1.165, 1.54) is 6.42 Å². The smallest absolute Gasteiger partial charge is 0.240 e. The number of nitrogens with one attached hydrogen (secondary N) is 1. The van der Waals surface area contributed by atoms with Gasteiger partial charge in [-0.25, -0.2) is 13.1 Å². The summed E-state index contributed by atoms with van der Waals surface area (Å²) in [6, 6.07) is 8.47. The first-order valence-corrected chi connectivity index (χ1v) is 8.28. The fourth-order valence-corrected chi connectivity index (χ4v) is 4.75. The molecule has 4 nitrogen and oxygen atoms in total. The monoisotopic (exact) mass is 281 g/mol. The summed E-state index contributed by atoms with van der Waals surface area (Å²) in [5.41, 5.74) is 0. The third-order valence-electron chi connectivity index (χ3n) is 4.42. The van der Waals surface area contributed by atoms with Crippen molar-refractivity contribution in [2.24, 2.45) is 17.8 Å². The molecule has 2 fully saturated rings. The number of rotatable bonds is 5. The highest BCUT2D eigenvalue weighted by molar-refractivity contribution is 7.89. The van der Waals surface area contributed by atoms with Gasteiger partial charge in [-0.1, -0.05) is 18.2 Å². The highest BCUT2D eigenvalue weighted by Gasteiger charge is 2.53. The van der Waals surface area contributed by atoms with Crippen LogP contribution in [0.15, 0.2) is 35.2 Å². The number of hydrogen-bond donors (Lipinski definition) is 2. The van der Waals surface area contributed by atoms with Crippen LogP contribution < -0.4 is 4.72 Å². The average molecular weight is 281 g/mol. The highest BCUT2D eigenvalue weighted by atomic mass is 32.2. The summed E-state index contributed by atoms with van der Waals surface area (Å²) < 4.78 is 27.4. The van der Waals surface area contributed by atoms with Crippen LogP contribution in [0, 0.1) is 17.8 Å². The molecule has 0 bridgehead atoms. The van der Waals surface area contributed by atoms with Gasteiger partial charge in [0, 0.05) is 12.6 Å². The Morgan fingerprint density at radius 2 is 1.95 bits per heavy atom. The molecule has 1 aromatic carbocycles. The van der Waals surface area contributed by atoms with Crippen molar-refractivity contribution in [2.45, 2.75) is 30.2 Å². The van der Waals surface area contributed by atoms with Crippen LogP contribution >= 0.6 is 0 Å². The number of sulfonamides is 1. The van der Waals surface area contributed by atoms with Crippen molar-refractivity contribution in [2.75, 3.05) is 6.61 Å². The summed E-state index contributed by atoms with van der Waals surface area (Å²) in [4.78, 5) is 0.318. The predicted octanol–water partition coefficient (Wildman–Crippen LogP) is 1.37. The SMILES string of the molecule is O=S(=O)(N[C@@H]1C[C@H]2CC2[C@H]1CCO)c1ccccc1. The normalized spacial score (nSPS) is 33.1. The van der Waals surface area contributed by atoms with Crippen LogP contribution in [0.1, 0.15) is 19.3 Å². The molecule has 0 spiro atoms. The number of aliphatic hydroxyl groups excluding tert-OH is 1. The topological polar surface area (TPSA) is 66.4 Å². The summed E-state index contributed by atoms with van der Waals surface area (Å²) >= 11 is 0. The summed E-state index contributed by atoms with van der Waals surface area (Å²) in [6.07, 6.45) is 2.82. The van der Waals surface area contributed by atoms with Crippen LogP contribution in [0.25, 0.3) is 0 Å². The molecular weight excluding hydrogens is 262 g/mol. The van der Waals surface area contributed by atoms with Gasteiger partial charge < -0.3 is 5.11 Å². The minimum absolute atomic E-state index is 0.0129.